The van der Waals surface area contributed by atoms with Crippen LogP contribution in [0.25, 0.3) is 5.69 Å². The lowest BCUT2D eigenvalue weighted by molar-refractivity contribution is -0.117. The Morgan fingerprint density at radius 1 is 1.45 bits per heavy atom. The standard InChI is InChI=1S/C13H17N5OS/c1-20-7-6-12(14)13(19)17-10-2-4-11(5-3-10)18-9-15-8-16-18/h2-5,8-9,12H,6-7,14H2,1H3,(H,17,19)/t12-/m0/s1. The average molecular weight is 291 g/mol. The molecule has 2 aromatic rings. The van der Waals surface area contributed by atoms with E-state index in [1.54, 1.807) is 22.8 Å². The lowest BCUT2D eigenvalue weighted by Crippen LogP contribution is -2.36. The molecule has 2 rings (SSSR count). The number of nitrogens with one attached hydrogen (secondary N) is 1. The molecule has 7 heteroatoms. The Morgan fingerprint density at radius 2 is 2.20 bits per heavy atom. The summed E-state index contributed by atoms with van der Waals surface area (Å²) < 4.78 is 1.65. The van der Waals surface area contributed by atoms with Crippen molar-refractivity contribution in [1.29, 1.82) is 0 Å². The summed E-state index contributed by atoms with van der Waals surface area (Å²) in [5.74, 6) is 0.715. The first kappa shape index (κ1) is 14.5. The molecule has 1 atom stereocenters. The molecule has 1 aromatic carbocycles. The minimum Gasteiger partial charge on any atom is -0.325 e. The molecule has 0 aliphatic rings. The third-order valence-electron chi connectivity index (χ3n) is 2.79. The van der Waals surface area contributed by atoms with Crippen molar-refractivity contribution >= 4 is 23.4 Å². The number of hydrogen-bond acceptors (Lipinski definition) is 5. The summed E-state index contributed by atoms with van der Waals surface area (Å²) in [6, 6.07) is 6.87. The van der Waals surface area contributed by atoms with E-state index < -0.39 is 6.04 Å². The molecule has 0 spiro atoms. The van der Waals surface area contributed by atoms with Crippen LogP contribution in [0.5, 0.6) is 0 Å². The van der Waals surface area contributed by atoms with Crippen LogP contribution in [0.4, 0.5) is 5.69 Å². The van der Waals surface area contributed by atoms with E-state index in [1.165, 1.54) is 6.33 Å². The number of amides is 1. The molecule has 3 N–H and O–H groups in total. The molecular formula is C13H17N5OS. The molecule has 1 amide bonds. The number of anilines is 1. The van der Waals surface area contributed by atoms with Crippen molar-refractivity contribution in [3.8, 4) is 5.69 Å². The van der Waals surface area contributed by atoms with Crippen molar-refractivity contribution in [2.24, 2.45) is 5.73 Å². The molecule has 0 bridgehead atoms. The van der Waals surface area contributed by atoms with Gasteiger partial charge in [0, 0.05) is 5.69 Å². The molecule has 0 fully saturated rings. The van der Waals surface area contributed by atoms with Crippen LogP contribution in [0.3, 0.4) is 0 Å². The summed E-state index contributed by atoms with van der Waals surface area (Å²) in [6.07, 6.45) is 5.75. The first-order chi connectivity index (χ1) is 9.70. The number of rotatable bonds is 6. The van der Waals surface area contributed by atoms with Gasteiger partial charge in [0.1, 0.15) is 12.7 Å². The largest absolute Gasteiger partial charge is 0.325 e. The minimum atomic E-state index is -0.475. The second-order valence-corrected chi connectivity index (χ2v) is 5.25. The molecule has 6 nitrogen and oxygen atoms in total. The van der Waals surface area contributed by atoms with Crippen molar-refractivity contribution in [2.45, 2.75) is 12.5 Å². The Balaban J connectivity index is 1.95. The van der Waals surface area contributed by atoms with Crippen LogP contribution in [-0.2, 0) is 4.79 Å². The van der Waals surface area contributed by atoms with Crippen LogP contribution in [0.2, 0.25) is 0 Å². The van der Waals surface area contributed by atoms with Crippen LogP contribution >= 0.6 is 11.8 Å². The van der Waals surface area contributed by atoms with Gasteiger partial charge in [0.2, 0.25) is 5.91 Å². The van der Waals surface area contributed by atoms with Gasteiger partial charge in [-0.2, -0.15) is 16.9 Å². The molecular weight excluding hydrogens is 274 g/mol. The van der Waals surface area contributed by atoms with Crippen LogP contribution < -0.4 is 11.1 Å². The number of carbonyl (C=O) groups is 1. The molecule has 106 valence electrons. The summed E-state index contributed by atoms with van der Waals surface area (Å²) in [4.78, 5) is 15.7. The summed E-state index contributed by atoms with van der Waals surface area (Å²) in [6.45, 7) is 0. The number of nitrogens with two attached hydrogens (primary N) is 1. The molecule has 0 unspecified atom stereocenters. The Labute approximate surface area is 121 Å². The van der Waals surface area contributed by atoms with E-state index >= 15 is 0 Å². The van der Waals surface area contributed by atoms with Gasteiger partial charge in [-0.25, -0.2) is 9.67 Å². The second kappa shape index (κ2) is 7.06. The Morgan fingerprint density at radius 3 is 2.80 bits per heavy atom. The molecule has 0 radical (unpaired) electrons. The van der Waals surface area contributed by atoms with Crippen molar-refractivity contribution in [3.63, 3.8) is 0 Å². The molecule has 0 saturated carbocycles. The van der Waals surface area contributed by atoms with Crippen molar-refractivity contribution < 1.29 is 4.79 Å². The smallest absolute Gasteiger partial charge is 0.241 e. The van der Waals surface area contributed by atoms with Gasteiger partial charge in [0.15, 0.2) is 0 Å². The third kappa shape index (κ3) is 3.82. The number of thioether (sulfide) groups is 1. The van der Waals surface area contributed by atoms with Crippen molar-refractivity contribution in [1.82, 2.24) is 14.8 Å². The van der Waals surface area contributed by atoms with Crippen molar-refractivity contribution in [2.75, 3.05) is 17.3 Å². The summed E-state index contributed by atoms with van der Waals surface area (Å²) >= 11 is 1.68. The maximum absolute atomic E-state index is 11.9. The van der Waals surface area contributed by atoms with Crippen molar-refractivity contribution in [3.05, 3.63) is 36.9 Å². The molecule has 20 heavy (non-hydrogen) atoms. The van der Waals surface area contributed by atoms with Crippen LogP contribution in [0, 0.1) is 0 Å². The van der Waals surface area contributed by atoms with E-state index in [-0.39, 0.29) is 5.91 Å². The van der Waals surface area contributed by atoms with Gasteiger partial charge in [-0.3, -0.25) is 4.79 Å². The minimum absolute atomic E-state index is 0.160. The Kier molecular flexibility index (Phi) is 5.14. The fraction of sp³-hybridized carbons (Fsp3) is 0.308. The number of aromatic nitrogens is 3. The maximum Gasteiger partial charge on any atom is 0.241 e. The van der Waals surface area contributed by atoms with Gasteiger partial charge in [0.05, 0.1) is 11.7 Å². The van der Waals surface area contributed by atoms with Gasteiger partial charge in [-0.1, -0.05) is 0 Å². The zero-order valence-corrected chi connectivity index (χ0v) is 12.0. The lowest BCUT2D eigenvalue weighted by atomic mass is 10.2. The highest BCUT2D eigenvalue weighted by molar-refractivity contribution is 7.98. The van der Waals surface area contributed by atoms with Gasteiger partial charge in [0.25, 0.3) is 0 Å². The summed E-state index contributed by atoms with van der Waals surface area (Å²) in [5.41, 5.74) is 7.41. The predicted molar refractivity (Wildman–Crippen MR) is 81.0 cm³/mol. The highest BCUT2D eigenvalue weighted by Gasteiger charge is 2.12. The summed E-state index contributed by atoms with van der Waals surface area (Å²) in [5, 5.41) is 6.84. The van der Waals surface area contributed by atoms with Gasteiger partial charge in [-0.05, 0) is 42.7 Å². The van der Waals surface area contributed by atoms with Crippen LogP contribution in [-0.4, -0.2) is 38.7 Å². The zero-order chi connectivity index (χ0) is 14.4. The SMILES string of the molecule is CSCC[C@H](N)C(=O)Nc1ccc(-n2cncn2)cc1. The molecule has 0 aliphatic carbocycles. The molecule has 0 aliphatic heterocycles. The fourth-order valence-electron chi connectivity index (χ4n) is 1.65. The zero-order valence-electron chi connectivity index (χ0n) is 11.2. The molecule has 0 saturated heterocycles. The second-order valence-electron chi connectivity index (χ2n) is 4.26. The number of carbonyl (C=O) groups excluding carboxylic acids is 1. The Bertz CT molecular complexity index is 540. The van der Waals surface area contributed by atoms with E-state index in [0.717, 1.165) is 17.1 Å². The number of benzene rings is 1. The van der Waals surface area contributed by atoms with E-state index in [4.69, 9.17) is 5.73 Å². The third-order valence-corrected chi connectivity index (χ3v) is 3.43. The van der Waals surface area contributed by atoms with Gasteiger partial charge < -0.3 is 11.1 Å². The Hall–Kier alpha value is -1.86. The number of hydrogen-bond donors (Lipinski definition) is 2. The predicted octanol–water partition coefficient (Wildman–Crippen LogP) is 1.29. The maximum atomic E-state index is 11.9. The highest BCUT2D eigenvalue weighted by atomic mass is 32.2. The first-order valence-electron chi connectivity index (χ1n) is 6.21. The average Bonchev–Trinajstić information content (AvgIpc) is 2.99. The van der Waals surface area contributed by atoms with Gasteiger partial charge >= 0.3 is 0 Å². The first-order valence-corrected chi connectivity index (χ1v) is 7.60. The monoisotopic (exact) mass is 291 g/mol. The number of nitrogens with zero attached hydrogens (tertiary/aromatic N) is 3. The van der Waals surface area contributed by atoms with Gasteiger partial charge in [-0.15, -0.1) is 0 Å². The topological polar surface area (TPSA) is 85.8 Å². The summed E-state index contributed by atoms with van der Waals surface area (Å²) in [7, 11) is 0. The van der Waals surface area contributed by atoms with Crippen LogP contribution in [0.1, 0.15) is 6.42 Å². The highest BCUT2D eigenvalue weighted by Crippen LogP contribution is 2.12. The lowest BCUT2D eigenvalue weighted by Gasteiger charge is -2.12. The van der Waals surface area contributed by atoms with E-state index in [9.17, 15) is 4.79 Å². The normalized spacial score (nSPS) is 12.1. The quantitative estimate of drug-likeness (QED) is 0.837. The van der Waals surface area contributed by atoms with E-state index in [1.807, 2.05) is 30.5 Å². The van der Waals surface area contributed by atoms with Crippen LogP contribution in [0.15, 0.2) is 36.9 Å². The van der Waals surface area contributed by atoms with E-state index in [0.29, 0.717) is 6.42 Å². The van der Waals surface area contributed by atoms with E-state index in [2.05, 4.69) is 15.4 Å². The fourth-order valence-corrected chi connectivity index (χ4v) is 2.14. The molecule has 1 heterocycles. The molecule has 1 aromatic heterocycles.